The third-order valence-corrected chi connectivity index (χ3v) is 4.80. The lowest BCUT2D eigenvalue weighted by molar-refractivity contribution is 0.0281. The molecule has 0 aliphatic carbocycles. The van der Waals surface area contributed by atoms with Crippen molar-refractivity contribution < 1.29 is 18.7 Å². The van der Waals surface area contributed by atoms with Crippen LogP contribution in [0.2, 0.25) is 0 Å². The molecule has 0 aliphatic heterocycles. The van der Waals surface area contributed by atoms with E-state index in [0.717, 1.165) is 16.8 Å². The number of ether oxygens (including phenoxy) is 2. The van der Waals surface area contributed by atoms with Gasteiger partial charge in [-0.25, -0.2) is 14.1 Å². The maximum Gasteiger partial charge on any atom is 0.268 e. The third kappa shape index (κ3) is 4.21. The number of hydrogen-bond donors (Lipinski definition) is 1. The Morgan fingerprint density at radius 1 is 1.30 bits per heavy atom. The monoisotopic (exact) mass is 390 g/mol. The Kier molecular flexibility index (Phi) is 5.94. The number of benzene rings is 1. The van der Waals surface area contributed by atoms with Crippen LogP contribution in [0, 0.1) is 12.7 Å². The van der Waals surface area contributed by atoms with Crippen LogP contribution in [0.25, 0.3) is 21.8 Å². The van der Waals surface area contributed by atoms with E-state index in [1.807, 2.05) is 6.92 Å². The molecule has 0 saturated carbocycles. The summed E-state index contributed by atoms with van der Waals surface area (Å²) in [6, 6.07) is 6.05. The van der Waals surface area contributed by atoms with Crippen molar-refractivity contribution in [1.82, 2.24) is 14.8 Å². The average molecular weight is 390 g/mol. The smallest absolute Gasteiger partial charge is 0.268 e. The maximum absolute atomic E-state index is 13.3. The normalized spacial score (nSPS) is 11.1. The Morgan fingerprint density at radius 2 is 2.04 bits per heavy atom. The SMILES string of the molecule is COCCOCn1nc(-c2ccc(F)cc2)c(-c2nc(C(N)=O)cs2)c1C. The van der Waals surface area contributed by atoms with Crippen LogP contribution < -0.4 is 5.73 Å². The number of primary amides is 1. The summed E-state index contributed by atoms with van der Waals surface area (Å²) >= 11 is 1.30. The highest BCUT2D eigenvalue weighted by atomic mass is 32.1. The number of halogens is 1. The second-order valence-corrected chi connectivity index (χ2v) is 6.61. The third-order valence-electron chi connectivity index (χ3n) is 3.94. The number of nitrogens with zero attached hydrogens (tertiary/aromatic N) is 3. The molecular weight excluding hydrogens is 371 g/mol. The zero-order valence-corrected chi connectivity index (χ0v) is 15.8. The van der Waals surface area contributed by atoms with Crippen LogP contribution in [0.5, 0.6) is 0 Å². The fraction of sp³-hybridized carbons (Fsp3) is 0.278. The van der Waals surface area contributed by atoms with Crippen molar-refractivity contribution in [3.8, 4) is 21.8 Å². The summed E-state index contributed by atoms with van der Waals surface area (Å²) in [5.41, 5.74) is 8.46. The lowest BCUT2D eigenvalue weighted by Gasteiger charge is -2.05. The van der Waals surface area contributed by atoms with E-state index < -0.39 is 5.91 Å². The van der Waals surface area contributed by atoms with E-state index in [-0.39, 0.29) is 18.2 Å². The molecule has 2 aromatic heterocycles. The predicted octanol–water partition coefficient (Wildman–Crippen LogP) is 2.84. The van der Waals surface area contributed by atoms with Gasteiger partial charge in [0.15, 0.2) is 0 Å². The maximum atomic E-state index is 13.3. The molecule has 1 aromatic carbocycles. The predicted molar refractivity (Wildman–Crippen MR) is 99.8 cm³/mol. The first kappa shape index (κ1) is 19.2. The molecule has 2 N–H and O–H groups in total. The summed E-state index contributed by atoms with van der Waals surface area (Å²) < 4.78 is 25.6. The average Bonchev–Trinajstić information content (AvgIpc) is 3.25. The summed E-state index contributed by atoms with van der Waals surface area (Å²) in [5, 5.41) is 6.84. The molecule has 0 fully saturated rings. The summed E-state index contributed by atoms with van der Waals surface area (Å²) in [4.78, 5) is 15.7. The van der Waals surface area contributed by atoms with Gasteiger partial charge in [-0.1, -0.05) is 0 Å². The van der Waals surface area contributed by atoms with Crippen LogP contribution >= 0.6 is 11.3 Å². The van der Waals surface area contributed by atoms with E-state index in [1.54, 1.807) is 29.3 Å². The second kappa shape index (κ2) is 8.38. The molecule has 0 saturated heterocycles. The largest absolute Gasteiger partial charge is 0.382 e. The van der Waals surface area contributed by atoms with Gasteiger partial charge in [-0.15, -0.1) is 11.3 Å². The molecular formula is C18H19FN4O3S. The zero-order chi connectivity index (χ0) is 19.4. The molecule has 3 aromatic rings. The van der Waals surface area contributed by atoms with Crippen LogP contribution in [0.3, 0.4) is 0 Å². The van der Waals surface area contributed by atoms with E-state index in [2.05, 4.69) is 10.1 Å². The molecule has 7 nitrogen and oxygen atoms in total. The Hall–Kier alpha value is -2.62. The van der Waals surface area contributed by atoms with Gasteiger partial charge in [0.2, 0.25) is 0 Å². The van der Waals surface area contributed by atoms with Gasteiger partial charge in [-0.05, 0) is 31.2 Å². The first-order chi connectivity index (χ1) is 13.0. The molecule has 0 aliphatic rings. The lowest BCUT2D eigenvalue weighted by atomic mass is 10.1. The van der Waals surface area contributed by atoms with Gasteiger partial charge in [0.25, 0.3) is 5.91 Å². The van der Waals surface area contributed by atoms with E-state index in [4.69, 9.17) is 15.2 Å². The first-order valence-electron chi connectivity index (χ1n) is 8.17. The number of carbonyl (C=O) groups is 1. The van der Waals surface area contributed by atoms with Crippen LogP contribution in [-0.4, -0.2) is 41.0 Å². The van der Waals surface area contributed by atoms with Gasteiger partial charge < -0.3 is 15.2 Å². The van der Waals surface area contributed by atoms with E-state index in [1.165, 1.54) is 23.5 Å². The summed E-state index contributed by atoms with van der Waals surface area (Å²) in [6.07, 6.45) is 0. The minimum atomic E-state index is -0.589. The molecule has 27 heavy (non-hydrogen) atoms. The van der Waals surface area contributed by atoms with Crippen molar-refractivity contribution in [2.24, 2.45) is 5.73 Å². The summed E-state index contributed by atoms with van der Waals surface area (Å²) in [7, 11) is 1.60. The van der Waals surface area contributed by atoms with Gasteiger partial charge in [0.1, 0.15) is 28.9 Å². The number of amides is 1. The number of carbonyl (C=O) groups excluding carboxylic acids is 1. The van der Waals surface area contributed by atoms with Crippen molar-refractivity contribution in [3.63, 3.8) is 0 Å². The Balaban J connectivity index is 2.03. The van der Waals surface area contributed by atoms with E-state index in [0.29, 0.717) is 23.9 Å². The highest BCUT2D eigenvalue weighted by Gasteiger charge is 2.21. The highest BCUT2D eigenvalue weighted by molar-refractivity contribution is 7.13. The van der Waals surface area contributed by atoms with E-state index >= 15 is 0 Å². The molecule has 0 spiro atoms. The number of methoxy groups -OCH3 is 1. The molecule has 0 unspecified atom stereocenters. The minimum absolute atomic E-state index is 0.198. The topological polar surface area (TPSA) is 92.3 Å². The lowest BCUT2D eigenvalue weighted by Crippen LogP contribution is -2.11. The highest BCUT2D eigenvalue weighted by Crippen LogP contribution is 2.36. The molecule has 0 radical (unpaired) electrons. The molecule has 1 amide bonds. The van der Waals surface area contributed by atoms with Crippen LogP contribution in [0.15, 0.2) is 29.6 Å². The van der Waals surface area contributed by atoms with Crippen molar-refractivity contribution in [1.29, 1.82) is 0 Å². The number of thiazole rings is 1. The molecule has 142 valence electrons. The minimum Gasteiger partial charge on any atom is -0.382 e. The number of nitrogens with two attached hydrogens (primary N) is 1. The van der Waals surface area contributed by atoms with Gasteiger partial charge in [0.05, 0.1) is 18.8 Å². The zero-order valence-electron chi connectivity index (χ0n) is 14.9. The van der Waals surface area contributed by atoms with Crippen molar-refractivity contribution >= 4 is 17.2 Å². The number of rotatable bonds is 8. The van der Waals surface area contributed by atoms with Crippen LogP contribution in [0.4, 0.5) is 4.39 Å². The number of aromatic nitrogens is 3. The van der Waals surface area contributed by atoms with Gasteiger partial charge >= 0.3 is 0 Å². The molecule has 0 atom stereocenters. The van der Waals surface area contributed by atoms with Gasteiger partial charge in [-0.3, -0.25) is 4.79 Å². The molecule has 2 heterocycles. The van der Waals surface area contributed by atoms with Crippen molar-refractivity contribution in [2.75, 3.05) is 20.3 Å². The second-order valence-electron chi connectivity index (χ2n) is 5.75. The van der Waals surface area contributed by atoms with Crippen molar-refractivity contribution in [2.45, 2.75) is 13.7 Å². The van der Waals surface area contributed by atoms with E-state index in [9.17, 15) is 9.18 Å². The summed E-state index contributed by atoms with van der Waals surface area (Å²) in [5.74, 6) is -0.918. The Morgan fingerprint density at radius 3 is 2.67 bits per heavy atom. The van der Waals surface area contributed by atoms with Crippen LogP contribution in [0.1, 0.15) is 16.2 Å². The molecule has 3 rings (SSSR count). The summed E-state index contributed by atoms with van der Waals surface area (Å²) in [6.45, 7) is 3.03. The Labute approximate surface area is 159 Å². The van der Waals surface area contributed by atoms with Crippen molar-refractivity contribution in [3.05, 3.63) is 46.9 Å². The molecule has 9 heteroatoms. The fourth-order valence-corrected chi connectivity index (χ4v) is 3.44. The first-order valence-corrected chi connectivity index (χ1v) is 9.05. The molecule has 0 bridgehead atoms. The standard InChI is InChI=1S/C18H19FN4O3S/c1-11-15(18-21-14(9-27-18)17(20)24)16(12-3-5-13(19)6-4-12)22-23(11)10-26-8-7-25-2/h3-6,9H,7-8,10H2,1-2H3,(H2,20,24). The van der Waals surface area contributed by atoms with Gasteiger partial charge in [0, 0.05) is 23.7 Å². The fourth-order valence-electron chi connectivity index (χ4n) is 2.53. The van der Waals surface area contributed by atoms with Crippen LogP contribution in [-0.2, 0) is 16.2 Å². The quantitative estimate of drug-likeness (QED) is 0.597. The Bertz CT molecular complexity index is 937. The number of hydrogen-bond acceptors (Lipinski definition) is 6. The van der Waals surface area contributed by atoms with Gasteiger partial charge in [-0.2, -0.15) is 5.10 Å².